The topological polar surface area (TPSA) is 99.1 Å². The quantitative estimate of drug-likeness (QED) is 0.346. The first-order valence-electron chi connectivity index (χ1n) is 8.92. The van der Waals surface area contributed by atoms with E-state index < -0.39 is 41.4 Å². The third-order valence-corrected chi connectivity index (χ3v) is 4.71. The van der Waals surface area contributed by atoms with Gasteiger partial charge in [-0.3, -0.25) is 9.59 Å². The van der Waals surface area contributed by atoms with Gasteiger partial charge in [0, 0.05) is 11.0 Å². The SMILES string of the molecule is C=CCOC(=O)[C@H]([C@@H]1OC(O)C=CC1=O)[C@@](C)(C=C)CC/C=C(\C)C(=O)OC. The van der Waals surface area contributed by atoms with Gasteiger partial charge in [-0.05, 0) is 31.9 Å². The number of allylic oxidation sites excluding steroid dienone is 2. The van der Waals surface area contributed by atoms with Crippen molar-refractivity contribution in [2.24, 2.45) is 11.3 Å². The summed E-state index contributed by atoms with van der Waals surface area (Å²) in [6, 6.07) is 0. The fourth-order valence-electron chi connectivity index (χ4n) is 2.98. The summed E-state index contributed by atoms with van der Waals surface area (Å²) < 4.78 is 15.2. The lowest BCUT2D eigenvalue weighted by Gasteiger charge is -2.38. The maximum absolute atomic E-state index is 12.8. The van der Waals surface area contributed by atoms with Crippen LogP contribution in [0.15, 0.2) is 49.1 Å². The van der Waals surface area contributed by atoms with Crippen LogP contribution in [0.2, 0.25) is 0 Å². The highest BCUT2D eigenvalue weighted by Gasteiger charge is 2.47. The number of carbonyl (C=O) groups excluding carboxylic acids is 3. The Morgan fingerprint density at radius 2 is 2.11 bits per heavy atom. The molecule has 1 unspecified atom stereocenters. The third-order valence-electron chi connectivity index (χ3n) is 4.71. The summed E-state index contributed by atoms with van der Waals surface area (Å²) in [7, 11) is 1.30. The van der Waals surface area contributed by atoms with Crippen LogP contribution < -0.4 is 0 Å². The van der Waals surface area contributed by atoms with Crippen molar-refractivity contribution in [3.8, 4) is 0 Å². The van der Waals surface area contributed by atoms with Gasteiger partial charge in [0.25, 0.3) is 0 Å². The molecule has 0 saturated heterocycles. The molecule has 0 saturated carbocycles. The lowest BCUT2D eigenvalue weighted by Crippen LogP contribution is -2.48. The minimum Gasteiger partial charge on any atom is -0.466 e. The Balaban J connectivity index is 3.16. The molecule has 0 amide bonds. The van der Waals surface area contributed by atoms with Crippen LogP contribution in [0.5, 0.6) is 0 Å². The zero-order valence-electron chi connectivity index (χ0n) is 16.6. The van der Waals surface area contributed by atoms with Crippen LogP contribution >= 0.6 is 0 Å². The van der Waals surface area contributed by atoms with E-state index in [2.05, 4.69) is 17.9 Å². The van der Waals surface area contributed by atoms with Crippen LogP contribution in [0.3, 0.4) is 0 Å². The van der Waals surface area contributed by atoms with Crippen LogP contribution in [0, 0.1) is 11.3 Å². The summed E-state index contributed by atoms with van der Waals surface area (Å²) in [6.07, 6.45) is 5.36. The number of aliphatic hydroxyl groups excluding tert-OH is 1. The van der Waals surface area contributed by atoms with Gasteiger partial charge in [0.05, 0.1) is 13.0 Å². The van der Waals surface area contributed by atoms with Gasteiger partial charge in [0.2, 0.25) is 0 Å². The second-order valence-electron chi connectivity index (χ2n) is 6.73. The normalized spacial score (nSPS) is 22.7. The monoisotopic (exact) mass is 392 g/mol. The van der Waals surface area contributed by atoms with Crippen LogP contribution in [0.4, 0.5) is 0 Å². The molecule has 0 fully saturated rings. The fourth-order valence-corrected chi connectivity index (χ4v) is 2.98. The fraction of sp³-hybridized carbons (Fsp3) is 0.476. The van der Waals surface area contributed by atoms with Crippen LogP contribution in [-0.4, -0.2) is 48.9 Å². The van der Waals surface area contributed by atoms with Crippen molar-refractivity contribution < 1.29 is 33.7 Å². The number of hydrogen-bond acceptors (Lipinski definition) is 7. The van der Waals surface area contributed by atoms with E-state index in [0.29, 0.717) is 18.4 Å². The summed E-state index contributed by atoms with van der Waals surface area (Å²) in [6.45, 7) is 10.7. The van der Waals surface area contributed by atoms with E-state index >= 15 is 0 Å². The smallest absolute Gasteiger partial charge is 0.333 e. The second-order valence-corrected chi connectivity index (χ2v) is 6.73. The number of methoxy groups -OCH3 is 1. The number of aliphatic hydroxyl groups is 1. The molecule has 1 aliphatic heterocycles. The Bertz CT molecular complexity index is 676. The van der Waals surface area contributed by atoms with Crippen LogP contribution in [0.1, 0.15) is 26.7 Å². The molecular weight excluding hydrogens is 364 g/mol. The van der Waals surface area contributed by atoms with Crippen molar-refractivity contribution in [2.45, 2.75) is 39.1 Å². The largest absolute Gasteiger partial charge is 0.466 e. The summed E-state index contributed by atoms with van der Waals surface area (Å²) in [5.74, 6) is -2.58. The molecule has 1 rings (SSSR count). The van der Waals surface area contributed by atoms with E-state index in [1.165, 1.54) is 25.3 Å². The second kappa shape index (κ2) is 10.7. The van der Waals surface area contributed by atoms with E-state index in [1.54, 1.807) is 26.0 Å². The standard InChI is InChI=1S/C21H28O7/c1-6-13-27-20(25)17(18-15(22)10-11-16(23)28-18)21(4,7-2)12-8-9-14(3)19(24)26-5/h6-7,9-11,16-18,23H,1-2,8,12-13H2,3-5H3/b14-9+/t16?,17-,18+,21-/m0/s1. The van der Waals surface area contributed by atoms with E-state index in [-0.39, 0.29) is 6.61 Å². The van der Waals surface area contributed by atoms with Crippen LogP contribution in [0.25, 0.3) is 0 Å². The molecule has 0 aliphatic carbocycles. The number of ether oxygens (including phenoxy) is 3. The van der Waals surface area contributed by atoms with Gasteiger partial charge in [-0.25, -0.2) is 4.79 Å². The van der Waals surface area contributed by atoms with Crippen molar-refractivity contribution in [3.63, 3.8) is 0 Å². The summed E-state index contributed by atoms with van der Waals surface area (Å²) in [4.78, 5) is 36.7. The van der Waals surface area contributed by atoms with Crippen molar-refractivity contribution in [1.29, 1.82) is 0 Å². The van der Waals surface area contributed by atoms with Gasteiger partial charge < -0.3 is 19.3 Å². The Morgan fingerprint density at radius 1 is 1.43 bits per heavy atom. The van der Waals surface area contributed by atoms with Crippen molar-refractivity contribution in [3.05, 3.63) is 49.1 Å². The van der Waals surface area contributed by atoms with Gasteiger partial charge in [-0.1, -0.05) is 31.7 Å². The maximum atomic E-state index is 12.8. The number of hydrogen-bond donors (Lipinski definition) is 1. The zero-order valence-corrected chi connectivity index (χ0v) is 16.6. The molecule has 0 aromatic carbocycles. The molecule has 0 spiro atoms. The van der Waals surface area contributed by atoms with Crippen LogP contribution in [-0.2, 0) is 28.6 Å². The van der Waals surface area contributed by atoms with E-state index in [0.717, 1.165) is 0 Å². The molecule has 0 aromatic heterocycles. The minimum atomic E-state index is -1.30. The predicted octanol–water partition coefficient (Wildman–Crippen LogP) is 2.27. The first kappa shape index (κ1) is 23.5. The molecule has 7 nitrogen and oxygen atoms in total. The molecule has 1 aliphatic rings. The Morgan fingerprint density at radius 3 is 2.68 bits per heavy atom. The lowest BCUT2D eigenvalue weighted by atomic mass is 9.70. The first-order valence-corrected chi connectivity index (χ1v) is 8.92. The molecule has 0 radical (unpaired) electrons. The zero-order chi connectivity index (χ0) is 21.3. The minimum absolute atomic E-state index is 0.0246. The van der Waals surface area contributed by atoms with Gasteiger partial charge in [0.15, 0.2) is 12.1 Å². The third kappa shape index (κ3) is 6.00. The molecule has 28 heavy (non-hydrogen) atoms. The van der Waals surface area contributed by atoms with Crippen molar-refractivity contribution >= 4 is 17.7 Å². The van der Waals surface area contributed by atoms with Gasteiger partial charge in [-0.15, -0.1) is 6.58 Å². The Labute approximate surface area is 165 Å². The molecule has 0 bridgehead atoms. The van der Waals surface area contributed by atoms with E-state index in [1.807, 2.05) is 0 Å². The number of ketones is 1. The molecule has 4 atom stereocenters. The number of rotatable bonds is 10. The Hall–Kier alpha value is -2.51. The summed E-state index contributed by atoms with van der Waals surface area (Å²) >= 11 is 0. The molecule has 154 valence electrons. The number of esters is 2. The Kier molecular flexibility index (Phi) is 9.02. The molecule has 1 N–H and O–H groups in total. The number of carbonyl (C=O) groups is 3. The molecular formula is C21H28O7. The predicted molar refractivity (Wildman–Crippen MR) is 103 cm³/mol. The van der Waals surface area contributed by atoms with Gasteiger partial charge >= 0.3 is 11.9 Å². The average molecular weight is 392 g/mol. The summed E-state index contributed by atoms with van der Waals surface area (Å²) in [5.41, 5.74) is -0.473. The lowest BCUT2D eigenvalue weighted by molar-refractivity contribution is -0.179. The molecule has 1 heterocycles. The maximum Gasteiger partial charge on any atom is 0.333 e. The van der Waals surface area contributed by atoms with Gasteiger partial charge in [-0.2, -0.15) is 0 Å². The van der Waals surface area contributed by atoms with E-state index in [9.17, 15) is 19.5 Å². The van der Waals surface area contributed by atoms with Crippen molar-refractivity contribution in [2.75, 3.05) is 13.7 Å². The van der Waals surface area contributed by atoms with Crippen molar-refractivity contribution in [1.82, 2.24) is 0 Å². The van der Waals surface area contributed by atoms with Gasteiger partial charge in [0.1, 0.15) is 12.7 Å². The molecule has 7 heteroatoms. The highest BCUT2D eigenvalue weighted by Crippen LogP contribution is 2.40. The highest BCUT2D eigenvalue weighted by molar-refractivity contribution is 5.97. The highest BCUT2D eigenvalue weighted by atomic mass is 16.6. The summed E-state index contributed by atoms with van der Waals surface area (Å²) in [5, 5.41) is 9.76. The molecule has 0 aromatic rings. The van der Waals surface area contributed by atoms with E-state index in [4.69, 9.17) is 9.47 Å². The first-order chi connectivity index (χ1) is 13.2. The average Bonchev–Trinajstić information content (AvgIpc) is 2.68.